The summed E-state index contributed by atoms with van der Waals surface area (Å²) in [6.45, 7) is 1.32. The Kier molecular flexibility index (Phi) is 2.99. The largest absolute Gasteiger partial charge is 0.296 e. The topological polar surface area (TPSA) is 46.2 Å². The number of carbonyl (C=O) groups is 2. The maximum absolute atomic E-state index is 11.0. The summed E-state index contributed by atoms with van der Waals surface area (Å²) in [6, 6.07) is 1.87. The Hall–Kier alpha value is -1.16. The van der Waals surface area contributed by atoms with Crippen LogP contribution in [0.5, 0.6) is 0 Å². The zero-order valence-corrected chi connectivity index (χ0v) is 7.48. The van der Waals surface area contributed by atoms with Crippen molar-refractivity contribution < 1.29 is 9.59 Å². The highest BCUT2D eigenvalue weighted by atomic mass is 32.1. The summed E-state index contributed by atoms with van der Waals surface area (Å²) < 4.78 is 0. The van der Waals surface area contributed by atoms with Crippen LogP contribution in [0.4, 0.5) is 0 Å². The normalized spacial score (nSPS) is 9.42. The predicted molar refractivity (Wildman–Crippen MR) is 46.8 cm³/mol. The Morgan fingerprint density at radius 3 is 2.83 bits per heavy atom. The monoisotopic (exact) mass is 183 g/mol. The fourth-order valence-electron chi connectivity index (χ4n) is 0.819. The molecule has 0 saturated carbocycles. The minimum Gasteiger partial charge on any atom is -0.296 e. The quantitative estimate of drug-likeness (QED) is 0.742. The van der Waals surface area contributed by atoms with E-state index in [1.807, 2.05) is 16.8 Å². The van der Waals surface area contributed by atoms with Crippen molar-refractivity contribution >= 4 is 23.2 Å². The summed E-state index contributed by atoms with van der Waals surface area (Å²) in [4.78, 5) is 21.4. The van der Waals surface area contributed by atoms with E-state index in [-0.39, 0.29) is 18.2 Å². The van der Waals surface area contributed by atoms with Gasteiger partial charge in [0.05, 0.1) is 6.42 Å². The van der Waals surface area contributed by atoms with Crippen molar-refractivity contribution in [2.75, 3.05) is 0 Å². The van der Waals surface area contributed by atoms with Crippen LogP contribution in [0.15, 0.2) is 16.8 Å². The van der Waals surface area contributed by atoms with Crippen LogP contribution in [0.2, 0.25) is 0 Å². The molecule has 1 rings (SSSR count). The van der Waals surface area contributed by atoms with Crippen molar-refractivity contribution in [3.05, 3.63) is 22.4 Å². The molecule has 0 spiro atoms. The SMILES string of the molecule is CC(=O)NC(=O)Cc1ccsc1. The third-order valence-corrected chi connectivity index (χ3v) is 1.99. The molecule has 1 N–H and O–H groups in total. The average Bonchev–Trinajstić information content (AvgIpc) is 2.37. The highest BCUT2D eigenvalue weighted by Crippen LogP contribution is 2.05. The molecule has 0 aromatic carbocycles. The van der Waals surface area contributed by atoms with Crippen LogP contribution in [-0.4, -0.2) is 11.8 Å². The van der Waals surface area contributed by atoms with Crippen LogP contribution in [0.25, 0.3) is 0 Å². The molecule has 4 heteroatoms. The summed E-state index contributed by atoms with van der Waals surface area (Å²) in [5, 5.41) is 6.00. The number of hydrogen-bond acceptors (Lipinski definition) is 3. The van der Waals surface area contributed by atoms with Gasteiger partial charge in [0.2, 0.25) is 11.8 Å². The van der Waals surface area contributed by atoms with Gasteiger partial charge in [-0.15, -0.1) is 0 Å². The van der Waals surface area contributed by atoms with E-state index in [4.69, 9.17) is 0 Å². The highest BCUT2D eigenvalue weighted by Gasteiger charge is 2.04. The Morgan fingerprint density at radius 2 is 2.33 bits per heavy atom. The van der Waals surface area contributed by atoms with E-state index >= 15 is 0 Å². The molecule has 0 aliphatic rings. The van der Waals surface area contributed by atoms with E-state index in [0.29, 0.717) is 0 Å². The molecule has 12 heavy (non-hydrogen) atoms. The second-order valence-corrected chi connectivity index (χ2v) is 3.19. The molecule has 3 nitrogen and oxygen atoms in total. The summed E-state index contributed by atoms with van der Waals surface area (Å²) in [5.41, 5.74) is 0.943. The Balaban J connectivity index is 2.42. The first-order chi connectivity index (χ1) is 5.68. The van der Waals surface area contributed by atoms with Crippen LogP contribution >= 0.6 is 11.3 Å². The van der Waals surface area contributed by atoms with Crippen molar-refractivity contribution in [2.24, 2.45) is 0 Å². The van der Waals surface area contributed by atoms with Crippen molar-refractivity contribution in [3.8, 4) is 0 Å². The summed E-state index contributed by atoms with van der Waals surface area (Å²) >= 11 is 1.54. The van der Waals surface area contributed by atoms with Crippen LogP contribution in [0, 0.1) is 0 Å². The van der Waals surface area contributed by atoms with Gasteiger partial charge in [0.1, 0.15) is 0 Å². The molecule has 0 aliphatic carbocycles. The van der Waals surface area contributed by atoms with Crippen LogP contribution < -0.4 is 5.32 Å². The zero-order chi connectivity index (χ0) is 8.97. The predicted octanol–water partition coefficient (Wildman–Crippen LogP) is 0.953. The number of amides is 2. The van der Waals surface area contributed by atoms with Crippen molar-refractivity contribution in [1.82, 2.24) is 5.32 Å². The van der Waals surface area contributed by atoms with E-state index in [2.05, 4.69) is 5.32 Å². The molecular weight excluding hydrogens is 174 g/mol. The number of thiophene rings is 1. The molecule has 0 aliphatic heterocycles. The number of hydrogen-bond donors (Lipinski definition) is 1. The molecule has 0 fully saturated rings. The van der Waals surface area contributed by atoms with Crippen molar-refractivity contribution in [3.63, 3.8) is 0 Å². The van der Waals surface area contributed by atoms with Gasteiger partial charge in [-0.25, -0.2) is 0 Å². The lowest BCUT2D eigenvalue weighted by Crippen LogP contribution is -2.29. The van der Waals surface area contributed by atoms with Gasteiger partial charge in [-0.3, -0.25) is 14.9 Å². The van der Waals surface area contributed by atoms with Gasteiger partial charge in [0.25, 0.3) is 0 Å². The van der Waals surface area contributed by atoms with E-state index in [9.17, 15) is 9.59 Å². The standard InChI is InChI=1S/C8H9NO2S/c1-6(10)9-8(11)4-7-2-3-12-5-7/h2-3,5H,4H2,1H3,(H,9,10,11). The van der Waals surface area contributed by atoms with Crippen molar-refractivity contribution in [1.29, 1.82) is 0 Å². The third kappa shape index (κ3) is 2.84. The van der Waals surface area contributed by atoms with E-state index < -0.39 is 0 Å². The first-order valence-electron chi connectivity index (χ1n) is 3.50. The molecule has 0 unspecified atom stereocenters. The molecule has 1 aromatic rings. The Morgan fingerprint density at radius 1 is 1.58 bits per heavy atom. The molecule has 0 atom stereocenters. The van der Waals surface area contributed by atoms with Gasteiger partial charge in [0, 0.05) is 6.92 Å². The lowest BCUT2D eigenvalue weighted by atomic mass is 10.2. The maximum Gasteiger partial charge on any atom is 0.230 e. The number of imide groups is 1. The van der Waals surface area contributed by atoms with E-state index in [0.717, 1.165) is 5.56 Å². The smallest absolute Gasteiger partial charge is 0.230 e. The second-order valence-electron chi connectivity index (χ2n) is 2.41. The van der Waals surface area contributed by atoms with Gasteiger partial charge < -0.3 is 0 Å². The van der Waals surface area contributed by atoms with Gasteiger partial charge in [0.15, 0.2) is 0 Å². The van der Waals surface area contributed by atoms with Crippen LogP contribution in [0.1, 0.15) is 12.5 Å². The maximum atomic E-state index is 11.0. The van der Waals surface area contributed by atoms with E-state index in [1.165, 1.54) is 18.3 Å². The molecule has 0 saturated heterocycles. The average molecular weight is 183 g/mol. The first-order valence-corrected chi connectivity index (χ1v) is 4.44. The number of rotatable bonds is 2. The minimum atomic E-state index is -0.310. The summed E-state index contributed by atoms with van der Waals surface area (Å²) in [6.07, 6.45) is 0.281. The molecular formula is C8H9NO2S. The molecule has 0 radical (unpaired) electrons. The molecule has 1 aromatic heterocycles. The highest BCUT2D eigenvalue weighted by molar-refractivity contribution is 7.07. The van der Waals surface area contributed by atoms with Gasteiger partial charge >= 0.3 is 0 Å². The first kappa shape index (κ1) is 8.93. The Bertz CT molecular complexity index is 279. The fraction of sp³-hybridized carbons (Fsp3) is 0.250. The molecule has 0 bridgehead atoms. The fourth-order valence-corrected chi connectivity index (χ4v) is 1.49. The molecule has 64 valence electrons. The number of carbonyl (C=O) groups excluding carboxylic acids is 2. The van der Waals surface area contributed by atoms with Crippen LogP contribution in [-0.2, 0) is 16.0 Å². The van der Waals surface area contributed by atoms with Gasteiger partial charge in [-0.2, -0.15) is 11.3 Å². The third-order valence-electron chi connectivity index (χ3n) is 1.26. The van der Waals surface area contributed by atoms with Gasteiger partial charge in [-0.1, -0.05) is 0 Å². The Labute approximate surface area is 74.4 Å². The van der Waals surface area contributed by atoms with Crippen LogP contribution in [0.3, 0.4) is 0 Å². The molecule has 2 amide bonds. The summed E-state index contributed by atoms with van der Waals surface area (Å²) in [5.74, 6) is -0.559. The lowest BCUT2D eigenvalue weighted by Gasteiger charge is -1.97. The lowest BCUT2D eigenvalue weighted by molar-refractivity contribution is -0.128. The minimum absolute atomic E-state index is 0.249. The van der Waals surface area contributed by atoms with Crippen molar-refractivity contribution in [2.45, 2.75) is 13.3 Å². The zero-order valence-electron chi connectivity index (χ0n) is 6.66. The number of nitrogens with one attached hydrogen (secondary N) is 1. The van der Waals surface area contributed by atoms with Gasteiger partial charge in [-0.05, 0) is 22.4 Å². The summed E-state index contributed by atoms with van der Waals surface area (Å²) in [7, 11) is 0. The van der Waals surface area contributed by atoms with E-state index in [1.54, 1.807) is 0 Å². The molecule has 1 heterocycles. The second kappa shape index (κ2) is 4.01.